The molecular weight excluding hydrogens is 417 g/mol. The molecule has 0 saturated heterocycles. The van der Waals surface area contributed by atoms with Crippen molar-refractivity contribution in [2.45, 2.75) is 6.92 Å². The fourth-order valence-corrected chi connectivity index (χ4v) is 2.91. The monoisotopic (exact) mass is 433 g/mol. The Balaban J connectivity index is 1.77. The van der Waals surface area contributed by atoms with Gasteiger partial charge in [0.15, 0.2) is 17.4 Å². The van der Waals surface area contributed by atoms with Crippen LogP contribution in [0.4, 0.5) is 15.1 Å². The molecule has 1 heterocycles. The second-order valence-electron chi connectivity index (χ2n) is 5.59. The molecule has 156 valence electrons. The first-order chi connectivity index (χ1) is 14.4. The van der Waals surface area contributed by atoms with Gasteiger partial charge < -0.3 is 8.92 Å². The number of nitrogens with zero attached hydrogens (tertiary/aromatic N) is 3. The van der Waals surface area contributed by atoms with Gasteiger partial charge in [-0.25, -0.2) is 13.9 Å². The maximum Gasteiger partial charge on any atom is 0.411 e. The third-order valence-corrected chi connectivity index (χ3v) is 4.23. The molecule has 2 N–H and O–H groups in total. The number of hydrogen-bond donors (Lipinski definition) is 2. The first-order valence-corrected chi connectivity index (χ1v) is 9.99. The minimum atomic E-state index is -4.66. The van der Waals surface area contributed by atoms with Gasteiger partial charge in [-0.05, 0) is 19.1 Å². The molecule has 0 unspecified atom stereocenters. The largest absolute Gasteiger partial charge is 0.464 e. The molecule has 0 fully saturated rings. The summed E-state index contributed by atoms with van der Waals surface area (Å²) in [5.74, 6) is -1.53. The lowest BCUT2D eigenvalue weighted by atomic mass is 10.2. The van der Waals surface area contributed by atoms with Crippen molar-refractivity contribution >= 4 is 22.3 Å². The number of anilines is 1. The molecule has 0 aliphatic heterocycles. The highest BCUT2D eigenvalue weighted by molar-refractivity contribution is 7.85. The van der Waals surface area contributed by atoms with E-state index >= 15 is 0 Å². The van der Waals surface area contributed by atoms with Gasteiger partial charge in [0.1, 0.15) is 0 Å². The van der Waals surface area contributed by atoms with Gasteiger partial charge in [0.25, 0.3) is 0 Å². The van der Waals surface area contributed by atoms with Crippen molar-refractivity contribution in [2.24, 2.45) is 0 Å². The Hall–Kier alpha value is -3.80. The molecular formula is C18H16FN5O5S. The van der Waals surface area contributed by atoms with E-state index in [1.54, 1.807) is 42.0 Å². The number of benzene rings is 2. The Morgan fingerprint density at radius 1 is 1.03 bits per heavy atom. The van der Waals surface area contributed by atoms with Crippen LogP contribution in [0.2, 0.25) is 0 Å². The van der Waals surface area contributed by atoms with Crippen LogP contribution in [-0.4, -0.2) is 36.0 Å². The van der Waals surface area contributed by atoms with Crippen LogP contribution in [0.15, 0.2) is 54.6 Å². The molecule has 30 heavy (non-hydrogen) atoms. The molecule has 0 aliphatic carbocycles. The van der Waals surface area contributed by atoms with E-state index in [-0.39, 0.29) is 24.4 Å². The van der Waals surface area contributed by atoms with E-state index in [1.807, 2.05) is 0 Å². The van der Waals surface area contributed by atoms with Crippen LogP contribution < -0.4 is 19.0 Å². The molecule has 12 heteroatoms. The summed E-state index contributed by atoms with van der Waals surface area (Å²) in [7, 11) is -4.66. The lowest BCUT2D eigenvalue weighted by Crippen LogP contribution is -2.37. The molecule has 2 aromatic carbocycles. The van der Waals surface area contributed by atoms with Gasteiger partial charge in [0.2, 0.25) is 5.95 Å². The summed E-state index contributed by atoms with van der Waals surface area (Å²) >= 11 is 0. The maximum atomic E-state index is 13.6. The topological polar surface area (TPSA) is 132 Å². The van der Waals surface area contributed by atoms with Gasteiger partial charge in [0.05, 0.1) is 6.61 Å². The number of aromatic nitrogens is 3. The molecule has 3 aromatic rings. The predicted octanol–water partition coefficient (Wildman–Crippen LogP) is 2.52. The molecule has 0 aliphatic rings. The summed E-state index contributed by atoms with van der Waals surface area (Å²) in [5, 5.41) is 2.16. The van der Waals surface area contributed by atoms with E-state index in [9.17, 15) is 17.6 Å². The molecule has 2 amide bonds. The van der Waals surface area contributed by atoms with Crippen LogP contribution in [0.5, 0.6) is 11.8 Å². The van der Waals surface area contributed by atoms with Crippen molar-refractivity contribution < 1.29 is 26.5 Å². The van der Waals surface area contributed by atoms with Crippen LogP contribution in [0, 0.1) is 5.82 Å². The predicted molar refractivity (Wildman–Crippen MR) is 105 cm³/mol. The van der Waals surface area contributed by atoms with Crippen LogP contribution in [0.25, 0.3) is 11.4 Å². The number of amides is 2. The van der Waals surface area contributed by atoms with Crippen molar-refractivity contribution in [2.75, 3.05) is 11.9 Å². The van der Waals surface area contributed by atoms with Crippen LogP contribution in [0.1, 0.15) is 6.92 Å². The third-order valence-electron chi connectivity index (χ3n) is 3.40. The molecule has 0 spiro atoms. The molecule has 10 nitrogen and oxygen atoms in total. The highest BCUT2D eigenvalue weighted by Gasteiger charge is 2.20. The normalized spacial score (nSPS) is 10.9. The van der Waals surface area contributed by atoms with Gasteiger partial charge in [0, 0.05) is 5.56 Å². The summed E-state index contributed by atoms with van der Waals surface area (Å²) in [6, 6.07) is 12.4. The lowest BCUT2D eigenvalue weighted by Gasteiger charge is -2.10. The number of hydrogen-bond acceptors (Lipinski definition) is 8. The van der Waals surface area contributed by atoms with Gasteiger partial charge in [-0.15, -0.1) is 0 Å². The van der Waals surface area contributed by atoms with Gasteiger partial charge in [-0.2, -0.15) is 23.4 Å². The quantitative estimate of drug-likeness (QED) is 0.581. The first-order valence-electron chi connectivity index (χ1n) is 8.58. The fraction of sp³-hybridized carbons (Fsp3) is 0.111. The van der Waals surface area contributed by atoms with E-state index in [1.165, 1.54) is 12.1 Å². The number of rotatable bonds is 7. The van der Waals surface area contributed by atoms with Gasteiger partial charge in [-0.3, -0.25) is 5.32 Å². The second kappa shape index (κ2) is 9.13. The molecule has 0 saturated carbocycles. The smallest absolute Gasteiger partial charge is 0.411 e. The van der Waals surface area contributed by atoms with Crippen LogP contribution in [-0.2, 0) is 10.3 Å². The Bertz CT molecular complexity index is 1140. The average Bonchev–Trinajstić information content (AvgIpc) is 2.70. The average molecular weight is 433 g/mol. The molecule has 0 bridgehead atoms. The van der Waals surface area contributed by atoms with E-state index in [4.69, 9.17) is 4.74 Å². The Labute approximate surface area is 171 Å². The molecule has 0 atom stereocenters. The number of ether oxygens (including phenoxy) is 1. The number of carbonyl (C=O) groups excluding carboxylic acids is 1. The SMILES string of the molecule is CCOc1nc(NC(=O)NS(=O)(=O)Oc2ccccc2F)nc(-c2ccccc2)n1. The lowest BCUT2D eigenvalue weighted by molar-refractivity contribution is 0.255. The number of para-hydroxylation sites is 1. The van der Waals surface area contributed by atoms with E-state index in [0.717, 1.165) is 12.1 Å². The summed E-state index contributed by atoms with van der Waals surface area (Å²) in [6.45, 7) is 1.98. The molecule has 0 radical (unpaired) electrons. The zero-order valence-corrected chi connectivity index (χ0v) is 16.4. The summed E-state index contributed by atoms with van der Waals surface area (Å²) < 4.78 is 48.9. The molecule has 1 aromatic heterocycles. The highest BCUT2D eigenvalue weighted by Crippen LogP contribution is 2.19. The minimum Gasteiger partial charge on any atom is -0.464 e. The zero-order chi connectivity index (χ0) is 21.6. The van der Waals surface area contributed by atoms with Crippen molar-refractivity contribution in [3.8, 4) is 23.1 Å². The first kappa shape index (κ1) is 20.9. The van der Waals surface area contributed by atoms with Crippen molar-refractivity contribution in [3.63, 3.8) is 0 Å². The second-order valence-corrected chi connectivity index (χ2v) is 6.87. The maximum absolute atomic E-state index is 13.6. The van der Waals surface area contributed by atoms with E-state index < -0.39 is 27.9 Å². The standard InChI is InChI=1S/C18H16FN5O5S/c1-2-28-18-21-15(12-8-4-3-5-9-12)20-16(23-18)22-17(25)24-30(26,27)29-14-11-7-6-10-13(14)19/h3-11H,2H2,1H3,(H2,20,21,22,23,24,25). The summed E-state index contributed by atoms with van der Waals surface area (Å²) in [4.78, 5) is 24.2. The zero-order valence-electron chi connectivity index (χ0n) is 15.6. The number of halogens is 1. The van der Waals surface area contributed by atoms with Crippen molar-refractivity contribution in [1.82, 2.24) is 19.7 Å². The fourth-order valence-electron chi connectivity index (χ4n) is 2.21. The van der Waals surface area contributed by atoms with Crippen LogP contribution >= 0.6 is 0 Å². The Morgan fingerprint density at radius 3 is 2.43 bits per heavy atom. The summed E-state index contributed by atoms with van der Waals surface area (Å²) in [6.07, 6.45) is 0. The van der Waals surface area contributed by atoms with Gasteiger partial charge >= 0.3 is 22.3 Å². The Kier molecular flexibility index (Phi) is 6.37. The number of nitrogens with one attached hydrogen (secondary N) is 2. The third kappa shape index (κ3) is 5.61. The summed E-state index contributed by atoms with van der Waals surface area (Å²) in [5.41, 5.74) is 0.625. The van der Waals surface area contributed by atoms with Crippen molar-refractivity contribution in [3.05, 3.63) is 60.4 Å². The van der Waals surface area contributed by atoms with E-state index in [2.05, 4.69) is 24.5 Å². The van der Waals surface area contributed by atoms with E-state index in [0.29, 0.717) is 5.56 Å². The van der Waals surface area contributed by atoms with Crippen molar-refractivity contribution in [1.29, 1.82) is 0 Å². The van der Waals surface area contributed by atoms with Gasteiger partial charge in [-0.1, -0.05) is 42.5 Å². The highest BCUT2D eigenvalue weighted by atomic mass is 32.2. The number of carbonyl (C=O) groups is 1. The number of urea groups is 1. The molecule has 3 rings (SSSR count). The minimum absolute atomic E-state index is 0.0629. The Morgan fingerprint density at radius 2 is 1.73 bits per heavy atom. The van der Waals surface area contributed by atoms with Crippen LogP contribution in [0.3, 0.4) is 0 Å².